The van der Waals surface area contributed by atoms with Crippen molar-refractivity contribution in [1.29, 1.82) is 0 Å². The van der Waals surface area contributed by atoms with Crippen LogP contribution in [0.25, 0.3) is 0 Å². The van der Waals surface area contributed by atoms with E-state index in [0.29, 0.717) is 13.0 Å². The number of fused-ring (bicyclic) bond motifs is 1. The number of halogens is 3. The van der Waals surface area contributed by atoms with E-state index in [1.807, 2.05) is 0 Å². The number of ether oxygens (including phenoxy) is 1. The maximum atomic E-state index is 13.3. The number of nitrogens with one attached hydrogen (secondary N) is 1. The number of hydrogen-bond acceptors (Lipinski definition) is 3. The zero-order chi connectivity index (χ0) is 9.69. The molecule has 3 nitrogen and oxygen atoms in total. The zero-order valence-electron chi connectivity index (χ0n) is 7.68. The van der Waals surface area contributed by atoms with Gasteiger partial charge in [-0.05, 0) is 13.0 Å². The number of carbonyl (C=O) groups is 1. The fraction of sp³-hybridized carbons (Fsp3) is 0.875. The van der Waals surface area contributed by atoms with Crippen LogP contribution in [0.5, 0.6) is 0 Å². The fourth-order valence-corrected chi connectivity index (χ4v) is 2.27. The Morgan fingerprint density at radius 2 is 2.21 bits per heavy atom. The highest BCUT2D eigenvalue weighted by Crippen LogP contribution is 2.68. The molecule has 1 aliphatic carbocycles. The molecule has 0 radical (unpaired) electrons. The van der Waals surface area contributed by atoms with E-state index in [1.165, 1.54) is 0 Å². The van der Waals surface area contributed by atoms with Gasteiger partial charge in [-0.2, -0.15) is 0 Å². The molecule has 2 atom stereocenters. The average Bonchev–Trinajstić information content (AvgIpc) is 2.65. The predicted molar refractivity (Wildman–Crippen MR) is 47.6 cm³/mol. The average molecular weight is 228 g/mol. The van der Waals surface area contributed by atoms with Gasteiger partial charge in [0.25, 0.3) is 5.92 Å². The molecular weight excluding hydrogens is 216 g/mol. The molecule has 1 N–H and O–H groups in total. The second kappa shape index (κ2) is 3.31. The van der Waals surface area contributed by atoms with Crippen LogP contribution >= 0.6 is 12.4 Å². The van der Waals surface area contributed by atoms with Crippen molar-refractivity contribution in [1.82, 2.24) is 5.32 Å². The van der Waals surface area contributed by atoms with Gasteiger partial charge in [0.1, 0.15) is 0 Å². The van der Waals surface area contributed by atoms with Crippen LogP contribution in [0.3, 0.4) is 0 Å². The topological polar surface area (TPSA) is 38.3 Å². The molecule has 14 heavy (non-hydrogen) atoms. The Hall–Kier alpha value is -0.420. The number of carbonyl (C=O) groups excluding carboxylic acids is 1. The van der Waals surface area contributed by atoms with Crippen molar-refractivity contribution in [2.75, 3.05) is 20.2 Å². The van der Waals surface area contributed by atoms with Crippen molar-refractivity contribution in [3.63, 3.8) is 0 Å². The highest BCUT2D eigenvalue weighted by atomic mass is 35.5. The zero-order valence-corrected chi connectivity index (χ0v) is 8.50. The molecule has 1 aliphatic heterocycles. The summed E-state index contributed by atoms with van der Waals surface area (Å²) in [6.45, 7) is 0.594. The molecule has 1 saturated carbocycles. The van der Waals surface area contributed by atoms with Crippen molar-refractivity contribution >= 4 is 18.4 Å². The van der Waals surface area contributed by atoms with Gasteiger partial charge < -0.3 is 10.1 Å². The van der Waals surface area contributed by atoms with Crippen LogP contribution in [0.4, 0.5) is 8.78 Å². The molecular formula is C8H12ClF2NO2. The van der Waals surface area contributed by atoms with E-state index in [2.05, 4.69) is 10.1 Å². The normalized spacial score (nSPS) is 37.8. The molecule has 0 aromatic carbocycles. The van der Waals surface area contributed by atoms with Gasteiger partial charge in [0.15, 0.2) is 5.41 Å². The maximum absolute atomic E-state index is 13.3. The maximum Gasteiger partial charge on any atom is 0.319 e. The molecule has 0 amide bonds. The second-order valence-corrected chi connectivity index (χ2v) is 3.60. The summed E-state index contributed by atoms with van der Waals surface area (Å²) in [6.07, 6.45) is 0.349. The minimum atomic E-state index is -2.87. The van der Waals surface area contributed by atoms with Gasteiger partial charge >= 0.3 is 5.97 Å². The van der Waals surface area contributed by atoms with Crippen LogP contribution < -0.4 is 5.32 Å². The molecule has 1 saturated heterocycles. The van der Waals surface area contributed by atoms with Crippen molar-refractivity contribution < 1.29 is 18.3 Å². The van der Waals surface area contributed by atoms with Crippen molar-refractivity contribution in [2.24, 2.45) is 11.3 Å². The quantitative estimate of drug-likeness (QED) is 0.675. The first kappa shape index (κ1) is 11.7. The first-order chi connectivity index (χ1) is 6.07. The van der Waals surface area contributed by atoms with E-state index in [0.717, 1.165) is 7.11 Å². The Kier molecular flexibility index (Phi) is 2.75. The van der Waals surface area contributed by atoms with Crippen LogP contribution in [0.15, 0.2) is 0 Å². The van der Waals surface area contributed by atoms with Crippen LogP contribution in [0.1, 0.15) is 6.42 Å². The van der Waals surface area contributed by atoms with Crippen molar-refractivity contribution in [3.05, 3.63) is 0 Å². The summed E-state index contributed by atoms with van der Waals surface area (Å²) in [7, 11) is 1.15. The minimum absolute atomic E-state index is 0. The van der Waals surface area contributed by atoms with Gasteiger partial charge in [0, 0.05) is 12.5 Å². The molecule has 0 aromatic rings. The first-order valence-electron chi connectivity index (χ1n) is 4.24. The van der Waals surface area contributed by atoms with Gasteiger partial charge in [-0.15, -0.1) is 12.4 Å². The Morgan fingerprint density at radius 1 is 1.57 bits per heavy atom. The van der Waals surface area contributed by atoms with E-state index in [9.17, 15) is 13.6 Å². The monoisotopic (exact) mass is 227 g/mol. The first-order valence-corrected chi connectivity index (χ1v) is 4.24. The molecule has 0 aromatic heterocycles. The number of esters is 1. The van der Waals surface area contributed by atoms with Crippen molar-refractivity contribution in [3.8, 4) is 0 Å². The van der Waals surface area contributed by atoms with Gasteiger partial charge in [-0.3, -0.25) is 4.79 Å². The van der Waals surface area contributed by atoms with E-state index >= 15 is 0 Å². The Labute approximate surface area is 86.6 Å². The van der Waals surface area contributed by atoms with E-state index in [1.54, 1.807) is 0 Å². The molecule has 2 unspecified atom stereocenters. The Balaban J connectivity index is 0.000000980. The molecule has 2 aliphatic rings. The van der Waals surface area contributed by atoms with Crippen molar-refractivity contribution in [2.45, 2.75) is 12.3 Å². The predicted octanol–water partition coefficient (Wildman–Crippen LogP) is 0.826. The summed E-state index contributed by atoms with van der Waals surface area (Å²) < 4.78 is 30.9. The van der Waals surface area contributed by atoms with Gasteiger partial charge in [0.05, 0.1) is 7.11 Å². The van der Waals surface area contributed by atoms with Crippen LogP contribution in [-0.4, -0.2) is 32.1 Å². The highest BCUT2D eigenvalue weighted by molar-refractivity contribution is 5.85. The van der Waals surface area contributed by atoms with Gasteiger partial charge in [0.2, 0.25) is 0 Å². The molecule has 6 heteroatoms. The lowest BCUT2D eigenvalue weighted by atomic mass is 9.99. The summed E-state index contributed by atoms with van der Waals surface area (Å²) >= 11 is 0. The number of piperidine rings is 1. The molecule has 1 heterocycles. The SMILES string of the molecule is COC(=O)C12CNCCC1C2(F)F.Cl. The second-order valence-electron chi connectivity index (χ2n) is 3.60. The Bertz CT molecular complexity index is 262. The van der Waals surface area contributed by atoms with Gasteiger partial charge in [-0.25, -0.2) is 8.78 Å². The molecule has 82 valence electrons. The summed E-state index contributed by atoms with van der Waals surface area (Å²) in [6, 6.07) is 0. The Morgan fingerprint density at radius 3 is 2.71 bits per heavy atom. The standard InChI is InChI=1S/C8H11F2NO2.ClH/c1-13-6(12)7-4-11-3-2-5(7)8(7,9)10;/h5,11H,2-4H2,1H3;1H. The third-order valence-corrected chi connectivity index (χ3v) is 3.11. The number of rotatable bonds is 1. The third-order valence-electron chi connectivity index (χ3n) is 3.11. The number of hydrogen-bond donors (Lipinski definition) is 1. The van der Waals surface area contributed by atoms with Crippen LogP contribution in [0, 0.1) is 11.3 Å². The summed E-state index contributed by atoms with van der Waals surface area (Å²) in [5.41, 5.74) is -1.56. The largest absolute Gasteiger partial charge is 0.468 e. The van der Waals surface area contributed by atoms with E-state index in [4.69, 9.17) is 0 Å². The molecule has 2 fully saturated rings. The van der Waals surface area contributed by atoms with Gasteiger partial charge in [-0.1, -0.05) is 0 Å². The number of methoxy groups -OCH3 is 1. The lowest BCUT2D eigenvalue weighted by molar-refractivity contribution is -0.151. The minimum Gasteiger partial charge on any atom is -0.468 e. The lowest BCUT2D eigenvalue weighted by Gasteiger charge is -2.18. The number of alkyl halides is 2. The summed E-state index contributed by atoms with van der Waals surface area (Å²) in [4.78, 5) is 11.2. The summed E-state index contributed by atoms with van der Waals surface area (Å²) in [5.74, 6) is -4.47. The van der Waals surface area contributed by atoms with Crippen LogP contribution in [-0.2, 0) is 9.53 Å². The molecule has 0 bridgehead atoms. The highest BCUT2D eigenvalue weighted by Gasteiger charge is 2.85. The lowest BCUT2D eigenvalue weighted by Crippen LogP contribution is -2.39. The van der Waals surface area contributed by atoms with E-state index in [-0.39, 0.29) is 19.0 Å². The fourth-order valence-electron chi connectivity index (χ4n) is 2.27. The molecule has 0 spiro atoms. The van der Waals surface area contributed by atoms with E-state index < -0.39 is 23.2 Å². The smallest absolute Gasteiger partial charge is 0.319 e. The molecule has 2 rings (SSSR count). The third kappa shape index (κ3) is 1.08. The summed E-state index contributed by atoms with van der Waals surface area (Å²) in [5, 5.41) is 2.81. The van der Waals surface area contributed by atoms with Crippen LogP contribution in [0.2, 0.25) is 0 Å².